The molecule has 0 radical (unpaired) electrons. The van der Waals surface area contributed by atoms with Gasteiger partial charge in [-0.05, 0) is 31.4 Å². The van der Waals surface area contributed by atoms with Crippen molar-refractivity contribution in [1.82, 2.24) is 5.32 Å². The van der Waals surface area contributed by atoms with Crippen molar-refractivity contribution < 1.29 is 9.18 Å². The molecule has 80 valence electrons. The second-order valence-electron chi connectivity index (χ2n) is 4.07. The van der Waals surface area contributed by atoms with Gasteiger partial charge in [0.05, 0.1) is 5.56 Å². The topological polar surface area (TPSA) is 29.1 Å². The van der Waals surface area contributed by atoms with E-state index in [1.54, 1.807) is 12.1 Å². The van der Waals surface area contributed by atoms with Crippen LogP contribution in [0.3, 0.4) is 0 Å². The molecule has 1 aliphatic rings. The third-order valence-corrected chi connectivity index (χ3v) is 3.03. The van der Waals surface area contributed by atoms with Gasteiger partial charge < -0.3 is 5.32 Å². The summed E-state index contributed by atoms with van der Waals surface area (Å²) in [6.07, 6.45) is 2.92. The van der Waals surface area contributed by atoms with Crippen molar-refractivity contribution in [3.05, 3.63) is 35.6 Å². The quantitative estimate of drug-likeness (QED) is 0.810. The molecule has 0 aromatic heterocycles. The Balaban J connectivity index is 2.12. The van der Waals surface area contributed by atoms with E-state index in [1.165, 1.54) is 12.1 Å². The molecule has 0 heterocycles. The molecular weight excluding hydrogens is 193 g/mol. The molecule has 1 fully saturated rings. The van der Waals surface area contributed by atoms with Gasteiger partial charge in [-0.15, -0.1) is 0 Å². The molecule has 3 heteroatoms. The van der Waals surface area contributed by atoms with Gasteiger partial charge in [0.15, 0.2) is 0 Å². The number of benzene rings is 1. The molecule has 1 amide bonds. The summed E-state index contributed by atoms with van der Waals surface area (Å²) in [6.45, 7) is 2.04. The van der Waals surface area contributed by atoms with E-state index in [1.807, 2.05) is 6.92 Å². The van der Waals surface area contributed by atoms with Crippen LogP contribution < -0.4 is 5.32 Å². The van der Waals surface area contributed by atoms with E-state index >= 15 is 0 Å². The maximum absolute atomic E-state index is 13.3. The molecule has 2 rings (SSSR count). The van der Waals surface area contributed by atoms with Gasteiger partial charge in [0, 0.05) is 5.54 Å². The van der Waals surface area contributed by atoms with Crippen LogP contribution in [0.2, 0.25) is 0 Å². The Kier molecular flexibility index (Phi) is 2.47. The SMILES string of the molecule is CCC1(NC(=O)c2ccccc2F)CC1. The van der Waals surface area contributed by atoms with Crippen molar-refractivity contribution in [3.8, 4) is 0 Å². The van der Waals surface area contributed by atoms with Crippen LogP contribution >= 0.6 is 0 Å². The third-order valence-electron chi connectivity index (χ3n) is 3.03. The van der Waals surface area contributed by atoms with E-state index in [0.29, 0.717) is 0 Å². The number of hydrogen-bond donors (Lipinski definition) is 1. The molecule has 15 heavy (non-hydrogen) atoms. The van der Waals surface area contributed by atoms with Gasteiger partial charge in [0.25, 0.3) is 5.91 Å². The second-order valence-corrected chi connectivity index (χ2v) is 4.07. The van der Waals surface area contributed by atoms with Crippen LogP contribution in [-0.2, 0) is 0 Å². The average Bonchev–Trinajstić information content (AvgIpc) is 2.99. The normalized spacial score (nSPS) is 17.2. The summed E-state index contributed by atoms with van der Waals surface area (Å²) in [5.74, 6) is -0.755. The van der Waals surface area contributed by atoms with Gasteiger partial charge in [0.2, 0.25) is 0 Å². The maximum atomic E-state index is 13.3. The summed E-state index contributed by atoms with van der Waals surface area (Å²) in [5.41, 5.74) is 0.0801. The maximum Gasteiger partial charge on any atom is 0.254 e. The Morgan fingerprint density at radius 3 is 2.67 bits per heavy atom. The minimum atomic E-state index is -0.457. The molecule has 0 atom stereocenters. The molecule has 1 aromatic rings. The molecule has 0 spiro atoms. The van der Waals surface area contributed by atoms with E-state index in [4.69, 9.17) is 0 Å². The van der Waals surface area contributed by atoms with Crippen LogP contribution in [0.1, 0.15) is 36.5 Å². The molecule has 1 saturated carbocycles. The zero-order chi connectivity index (χ0) is 10.9. The zero-order valence-corrected chi connectivity index (χ0v) is 8.72. The van der Waals surface area contributed by atoms with Crippen molar-refractivity contribution in [3.63, 3.8) is 0 Å². The van der Waals surface area contributed by atoms with E-state index in [0.717, 1.165) is 19.3 Å². The van der Waals surface area contributed by atoms with Crippen LogP contribution in [0.4, 0.5) is 4.39 Å². The first kappa shape index (κ1) is 10.1. The highest BCUT2D eigenvalue weighted by Crippen LogP contribution is 2.38. The molecule has 0 unspecified atom stereocenters. The van der Waals surface area contributed by atoms with E-state index in [9.17, 15) is 9.18 Å². The molecule has 0 aliphatic heterocycles. The number of nitrogens with one attached hydrogen (secondary N) is 1. The predicted molar refractivity (Wildman–Crippen MR) is 56.1 cm³/mol. The third kappa shape index (κ3) is 2.01. The Morgan fingerprint density at radius 1 is 1.47 bits per heavy atom. The molecule has 1 N–H and O–H groups in total. The highest BCUT2D eigenvalue weighted by atomic mass is 19.1. The number of halogens is 1. The lowest BCUT2D eigenvalue weighted by Gasteiger charge is -2.15. The average molecular weight is 207 g/mol. The van der Waals surface area contributed by atoms with Crippen molar-refractivity contribution in [2.75, 3.05) is 0 Å². The van der Waals surface area contributed by atoms with Crippen LogP contribution in [0.25, 0.3) is 0 Å². The van der Waals surface area contributed by atoms with Crippen LogP contribution in [0.5, 0.6) is 0 Å². The summed E-state index contributed by atoms with van der Waals surface area (Å²) >= 11 is 0. The molecule has 1 aliphatic carbocycles. The van der Waals surface area contributed by atoms with Crippen LogP contribution in [-0.4, -0.2) is 11.4 Å². The highest BCUT2D eigenvalue weighted by molar-refractivity contribution is 5.95. The minimum absolute atomic E-state index is 0.0562. The standard InChI is InChI=1S/C12H14FNO/c1-2-12(7-8-12)14-11(15)9-5-3-4-6-10(9)13/h3-6H,2,7-8H2,1H3,(H,14,15). The number of carbonyl (C=O) groups excluding carboxylic acids is 1. The molecule has 0 saturated heterocycles. The zero-order valence-electron chi connectivity index (χ0n) is 8.72. The van der Waals surface area contributed by atoms with Crippen molar-refractivity contribution in [2.45, 2.75) is 31.7 Å². The Morgan fingerprint density at radius 2 is 2.13 bits per heavy atom. The first-order valence-corrected chi connectivity index (χ1v) is 5.24. The van der Waals surface area contributed by atoms with Crippen molar-refractivity contribution >= 4 is 5.91 Å². The fourth-order valence-electron chi connectivity index (χ4n) is 1.67. The molecule has 1 aromatic carbocycles. The Labute approximate surface area is 88.5 Å². The summed E-state index contributed by atoms with van der Waals surface area (Å²) < 4.78 is 13.3. The monoisotopic (exact) mass is 207 g/mol. The van der Waals surface area contributed by atoms with Crippen molar-refractivity contribution in [1.29, 1.82) is 0 Å². The Hall–Kier alpha value is -1.38. The number of amides is 1. The lowest BCUT2D eigenvalue weighted by molar-refractivity contribution is 0.0926. The fourth-order valence-corrected chi connectivity index (χ4v) is 1.67. The highest BCUT2D eigenvalue weighted by Gasteiger charge is 2.42. The summed E-state index contributed by atoms with van der Waals surface area (Å²) in [5, 5.41) is 2.90. The van der Waals surface area contributed by atoms with Crippen molar-refractivity contribution in [2.24, 2.45) is 0 Å². The summed E-state index contributed by atoms with van der Waals surface area (Å²) in [7, 11) is 0. The minimum Gasteiger partial charge on any atom is -0.347 e. The Bertz CT molecular complexity index is 385. The van der Waals surface area contributed by atoms with Gasteiger partial charge in [-0.3, -0.25) is 4.79 Å². The summed E-state index contributed by atoms with van der Waals surface area (Å²) in [6, 6.07) is 6.07. The largest absolute Gasteiger partial charge is 0.347 e. The molecule has 0 bridgehead atoms. The molecular formula is C12H14FNO. The van der Waals surface area contributed by atoms with Gasteiger partial charge in [-0.1, -0.05) is 19.1 Å². The van der Waals surface area contributed by atoms with Gasteiger partial charge in [-0.25, -0.2) is 4.39 Å². The molecule has 2 nitrogen and oxygen atoms in total. The van der Waals surface area contributed by atoms with E-state index < -0.39 is 5.82 Å². The first-order chi connectivity index (χ1) is 7.17. The number of hydrogen-bond acceptors (Lipinski definition) is 1. The smallest absolute Gasteiger partial charge is 0.254 e. The fraction of sp³-hybridized carbons (Fsp3) is 0.417. The van der Waals surface area contributed by atoms with E-state index in [-0.39, 0.29) is 17.0 Å². The van der Waals surface area contributed by atoms with Crippen LogP contribution in [0, 0.1) is 5.82 Å². The van der Waals surface area contributed by atoms with Gasteiger partial charge in [-0.2, -0.15) is 0 Å². The number of carbonyl (C=O) groups is 1. The van der Waals surface area contributed by atoms with E-state index in [2.05, 4.69) is 5.32 Å². The van der Waals surface area contributed by atoms with Gasteiger partial charge in [0.1, 0.15) is 5.82 Å². The number of rotatable bonds is 3. The van der Waals surface area contributed by atoms with Gasteiger partial charge >= 0.3 is 0 Å². The predicted octanol–water partition coefficient (Wildman–Crippen LogP) is 2.50. The second kappa shape index (κ2) is 3.65. The first-order valence-electron chi connectivity index (χ1n) is 5.24. The lowest BCUT2D eigenvalue weighted by Crippen LogP contribution is -2.36. The lowest BCUT2D eigenvalue weighted by atomic mass is 10.1. The summed E-state index contributed by atoms with van der Waals surface area (Å²) in [4.78, 5) is 11.7. The van der Waals surface area contributed by atoms with Crippen LogP contribution in [0.15, 0.2) is 24.3 Å².